The van der Waals surface area contributed by atoms with Gasteiger partial charge in [-0.25, -0.2) is 0 Å². The summed E-state index contributed by atoms with van der Waals surface area (Å²) < 4.78 is 13.2. The van der Waals surface area contributed by atoms with E-state index in [2.05, 4.69) is 4.52 Å². The molecule has 0 saturated carbocycles. The Hall–Kier alpha value is 0.909. The summed E-state index contributed by atoms with van der Waals surface area (Å²) in [5, 5.41) is 0. The predicted molar refractivity (Wildman–Crippen MR) is 25.0 cm³/mol. The van der Waals surface area contributed by atoms with Gasteiger partial charge < -0.3 is 18.9 Å². The van der Waals surface area contributed by atoms with Crippen LogP contribution in [0.5, 0.6) is 0 Å². The van der Waals surface area contributed by atoms with Crippen LogP contribution in [0.3, 0.4) is 0 Å². The Morgan fingerprint density at radius 3 is 2.00 bits per heavy atom. The van der Waals surface area contributed by atoms with Crippen LogP contribution in [0.15, 0.2) is 0 Å². The molecule has 0 bridgehead atoms. The first kappa shape index (κ1) is 11.7. The first-order valence-electron chi connectivity index (χ1n) is 1.73. The first-order chi connectivity index (χ1) is 3.06. The molecule has 0 aromatic heterocycles. The van der Waals surface area contributed by atoms with Crippen LogP contribution in [0, 0.1) is 0 Å². The van der Waals surface area contributed by atoms with E-state index in [-0.39, 0.29) is 30.5 Å². The molecule has 0 aromatic carbocycles. The fourth-order valence-electron chi connectivity index (χ4n) is 0.158. The Labute approximate surface area is 64.4 Å². The Bertz CT molecular complexity index is 88.0. The van der Waals surface area contributed by atoms with Crippen molar-refractivity contribution >= 4 is 31.7 Å². The van der Waals surface area contributed by atoms with E-state index >= 15 is 0 Å². The van der Waals surface area contributed by atoms with Crippen molar-refractivity contribution in [1.82, 2.24) is 0 Å². The summed E-state index contributed by atoms with van der Waals surface area (Å²) in [6, 6.07) is 0. The molecule has 46 valence electrons. The summed E-state index contributed by atoms with van der Waals surface area (Å²) in [7, 11) is -4.67. The van der Waals surface area contributed by atoms with E-state index in [0.717, 1.165) is 0 Å². The van der Waals surface area contributed by atoms with Crippen LogP contribution < -0.4 is 9.79 Å². The molecule has 0 aliphatic rings. The minimum Gasteiger partial charge on any atom is -0.790 e. The summed E-state index contributed by atoms with van der Waals surface area (Å²) in [4.78, 5) is 19.0. The van der Waals surface area contributed by atoms with E-state index < -0.39 is 7.82 Å². The van der Waals surface area contributed by atoms with Gasteiger partial charge in [-0.2, -0.15) is 0 Å². The molecule has 0 fully saturated rings. The molecule has 0 atom stereocenters. The van der Waals surface area contributed by atoms with Gasteiger partial charge in [0.15, 0.2) is 0 Å². The molecular weight excluding hydrogens is 238 g/mol. The monoisotopic (exact) mass is 244 g/mol. The second kappa shape index (κ2) is 4.76. The van der Waals surface area contributed by atoms with Gasteiger partial charge in [0.25, 0.3) is 0 Å². The van der Waals surface area contributed by atoms with Gasteiger partial charge in [0.05, 0.1) is 7.82 Å². The molecule has 0 unspecified atom stereocenters. The van der Waals surface area contributed by atoms with Crippen molar-refractivity contribution in [2.24, 2.45) is 0 Å². The molecule has 4 nitrogen and oxygen atoms in total. The summed E-state index contributed by atoms with van der Waals surface area (Å²) >= 11 is 0. The van der Waals surface area contributed by atoms with Crippen LogP contribution in [0.4, 0.5) is 0 Å². The third-order valence-corrected chi connectivity index (χ3v) is 0.862. The van der Waals surface area contributed by atoms with Crippen LogP contribution >= 0.6 is 7.82 Å². The second-order valence-electron chi connectivity index (χ2n) is 0.865. The van der Waals surface area contributed by atoms with Crippen LogP contribution in [-0.4, -0.2) is 30.5 Å². The third-order valence-electron chi connectivity index (χ3n) is 0.287. The van der Waals surface area contributed by atoms with Gasteiger partial charge in [-0.1, -0.05) is 0 Å². The van der Waals surface area contributed by atoms with Crippen molar-refractivity contribution in [2.75, 3.05) is 6.61 Å². The Morgan fingerprint density at radius 2 is 2.00 bits per heavy atom. The predicted octanol–water partition coefficient (Wildman–Crippen LogP) is -1.53. The fourth-order valence-corrected chi connectivity index (χ4v) is 0.474. The summed E-state index contributed by atoms with van der Waals surface area (Å²) in [5.74, 6) is 0. The van der Waals surface area contributed by atoms with Gasteiger partial charge in [0.2, 0.25) is 0 Å². The largest absolute Gasteiger partial charge is 2.00 e. The third kappa shape index (κ3) is 10.0. The Kier molecular flexibility index (Phi) is 6.94. The summed E-state index contributed by atoms with van der Waals surface area (Å²) in [6.45, 7) is 1.35. The summed E-state index contributed by atoms with van der Waals surface area (Å²) in [5.41, 5.74) is 0. The van der Waals surface area contributed by atoms with Gasteiger partial charge in [-0.05, 0) is 6.92 Å². The molecule has 0 N–H and O–H groups in total. The van der Waals surface area contributed by atoms with Gasteiger partial charge in [-0.3, -0.25) is 0 Å². The van der Waals surface area contributed by atoms with Crippen molar-refractivity contribution in [2.45, 2.75) is 6.92 Å². The van der Waals surface area contributed by atoms with E-state index in [1.807, 2.05) is 0 Å². The molecule has 0 rings (SSSR count). The molecule has 8 heavy (non-hydrogen) atoms. The van der Waals surface area contributed by atoms with Crippen molar-refractivity contribution < 1.29 is 18.9 Å². The fraction of sp³-hybridized carbons (Fsp3) is 1.00. The van der Waals surface area contributed by atoms with E-state index in [0.29, 0.717) is 0 Å². The average molecular weight is 243 g/mol. The van der Waals surface area contributed by atoms with Gasteiger partial charge in [-0.15, -0.1) is 0 Å². The zero-order valence-corrected chi connectivity index (χ0v) is 8.04. The number of hydrogen-bond acceptors (Lipinski definition) is 4. The van der Waals surface area contributed by atoms with Gasteiger partial charge in [0, 0.05) is 6.61 Å². The molecule has 0 aromatic rings. The zero-order chi connectivity index (χ0) is 5.91. The molecule has 0 saturated heterocycles. The molecule has 0 spiro atoms. The van der Waals surface area contributed by atoms with Crippen LogP contribution in [0.1, 0.15) is 6.92 Å². The summed E-state index contributed by atoms with van der Waals surface area (Å²) in [6.07, 6.45) is 0. The molecule has 6 heteroatoms. The van der Waals surface area contributed by atoms with E-state index in [1.165, 1.54) is 6.92 Å². The van der Waals surface area contributed by atoms with Gasteiger partial charge in [0.1, 0.15) is 0 Å². The van der Waals surface area contributed by atoms with Crippen LogP contribution in [0.25, 0.3) is 0 Å². The molecular formula is C2H5O4PSn. The maximum absolute atomic E-state index is 9.48. The number of phosphoric ester groups is 1. The van der Waals surface area contributed by atoms with E-state index in [9.17, 15) is 14.4 Å². The molecule has 0 amide bonds. The van der Waals surface area contributed by atoms with E-state index in [1.54, 1.807) is 0 Å². The maximum atomic E-state index is 9.48. The number of rotatable bonds is 2. The topological polar surface area (TPSA) is 72.4 Å². The Morgan fingerprint density at radius 1 is 1.62 bits per heavy atom. The molecule has 0 heterocycles. The van der Waals surface area contributed by atoms with Gasteiger partial charge >= 0.3 is 23.9 Å². The quantitative estimate of drug-likeness (QED) is 0.435. The van der Waals surface area contributed by atoms with Crippen LogP contribution in [0.2, 0.25) is 0 Å². The van der Waals surface area contributed by atoms with Crippen molar-refractivity contribution in [3.05, 3.63) is 0 Å². The number of phosphoric acid groups is 1. The smallest absolute Gasteiger partial charge is 0.790 e. The normalized spacial score (nSPS) is 10.4. The van der Waals surface area contributed by atoms with Crippen LogP contribution in [-0.2, 0) is 9.09 Å². The van der Waals surface area contributed by atoms with E-state index in [4.69, 9.17) is 0 Å². The number of hydrogen-bond donors (Lipinski definition) is 0. The minimum atomic E-state index is -4.67. The minimum absolute atomic E-state index is 0. The molecule has 0 aliphatic heterocycles. The molecule has 2 radical (unpaired) electrons. The Balaban J connectivity index is 0. The van der Waals surface area contributed by atoms with Crippen molar-refractivity contribution in [3.8, 4) is 0 Å². The first-order valence-corrected chi connectivity index (χ1v) is 3.19. The standard InChI is InChI=1S/C2H7O4P.Sn/c1-2-6-7(3,4)5;/h2H2,1H3,(H2,3,4,5);/q;+2/p-2. The SMILES string of the molecule is CCOP(=O)([O-])[O-].[Sn+2]. The molecule has 0 aliphatic carbocycles. The second-order valence-corrected chi connectivity index (χ2v) is 2.02. The average Bonchev–Trinajstić information content (AvgIpc) is 1.30. The zero-order valence-electron chi connectivity index (χ0n) is 4.29. The maximum Gasteiger partial charge on any atom is 2.00 e. The van der Waals surface area contributed by atoms with Crippen molar-refractivity contribution in [1.29, 1.82) is 0 Å². The van der Waals surface area contributed by atoms with Crippen molar-refractivity contribution in [3.63, 3.8) is 0 Å².